The fraction of sp³-hybridized carbons (Fsp3) is 0.625. The van der Waals surface area contributed by atoms with Crippen molar-refractivity contribution in [1.82, 2.24) is 60.5 Å². The molecule has 760 valence electrons. The van der Waals surface area contributed by atoms with Crippen LogP contribution < -0.4 is 21.3 Å². The van der Waals surface area contributed by atoms with E-state index in [2.05, 4.69) is 323 Å². The molecule has 15 atom stereocenters. The zero-order chi connectivity index (χ0) is 101. The van der Waals surface area contributed by atoms with Crippen LogP contribution in [0.15, 0.2) is 212 Å². The minimum atomic E-state index is -0.277. The quantitative estimate of drug-likeness (QED) is 0.0174. The first kappa shape index (κ1) is 130. The van der Waals surface area contributed by atoms with E-state index < -0.39 is 0 Å². The molecule has 2 aliphatic carbocycles. The molecule has 7 aromatic rings. The predicted molar refractivity (Wildman–Crippen MR) is 589 cm³/mol. The molecule has 3 aliphatic rings. The summed E-state index contributed by atoms with van der Waals surface area (Å²) < 4.78 is 4.96. The lowest BCUT2D eigenvalue weighted by atomic mass is 9.70. The SMILES string of the molecule is CCC[C@H](NC)c1ccccc1.CCC[C@H](O)c1ccccc1.CCC[C@H](S)c1ccccc1.CN(C)C1C2CCC(C)(C1O)C2(C)C.CN(C)C[C@@H](O)C(C)(C)C.CN(C)C[C@@H](S)c1ccccc1.CN(C)C[C@H](O)C(C)(C)C.CN(C)C[C@H](S)c1ccccc1.CN[C@@H](CN(C)C)c1ccccc1.CN[C@H](CN(C)C)c1ccccc1.COC[C@@H]1CCCN1.C[C@H](O)CN(C)C. The second-order valence-corrected chi connectivity index (χ2v) is 42.6. The molecule has 0 radical (unpaired) electrons. The van der Waals surface area contributed by atoms with Gasteiger partial charge >= 0.3 is 0 Å². The summed E-state index contributed by atoms with van der Waals surface area (Å²) in [7, 11) is 40.3. The van der Waals surface area contributed by atoms with Gasteiger partial charge < -0.3 is 90.7 Å². The first-order valence-electron chi connectivity index (χ1n) is 48.7. The van der Waals surface area contributed by atoms with Gasteiger partial charge in [0.15, 0.2) is 0 Å². The number of benzene rings is 7. The van der Waals surface area contributed by atoms with Crippen molar-refractivity contribution in [2.24, 2.45) is 27.6 Å². The summed E-state index contributed by atoms with van der Waals surface area (Å²) in [5.74, 6) is 0.664. The van der Waals surface area contributed by atoms with Crippen LogP contribution in [0.4, 0.5) is 0 Å². The lowest BCUT2D eigenvalue weighted by molar-refractivity contribution is -0.0195. The first-order chi connectivity index (χ1) is 62.5. The Bertz CT molecular complexity index is 3570. The van der Waals surface area contributed by atoms with Gasteiger partial charge in [0.1, 0.15) is 0 Å². The molecule has 0 amide bonds. The van der Waals surface area contributed by atoms with Crippen LogP contribution in [-0.4, -0.2) is 301 Å². The van der Waals surface area contributed by atoms with Crippen molar-refractivity contribution in [3.63, 3.8) is 0 Å². The van der Waals surface area contributed by atoms with Crippen LogP contribution in [0.1, 0.15) is 233 Å². The molecule has 1 heterocycles. The summed E-state index contributed by atoms with van der Waals surface area (Å²) in [5, 5.41) is 62.0. The van der Waals surface area contributed by atoms with Crippen molar-refractivity contribution in [2.45, 2.75) is 231 Å². The van der Waals surface area contributed by atoms with Crippen molar-refractivity contribution in [3.05, 3.63) is 251 Å². The third-order valence-electron chi connectivity index (χ3n) is 23.9. The predicted octanol–water partition coefficient (Wildman–Crippen LogP) is 20.1. The number of aliphatic hydroxyl groups excluding tert-OH is 5. The Hall–Kier alpha value is -5.13. The summed E-state index contributed by atoms with van der Waals surface area (Å²) in [6, 6.07) is 74.9. The fourth-order valence-corrected chi connectivity index (χ4v) is 17.0. The Kier molecular flexibility index (Phi) is 72.2. The molecule has 3 fully saturated rings. The molecule has 2 bridgehead atoms. The van der Waals surface area contributed by atoms with E-state index in [0.717, 1.165) is 77.2 Å². The second kappa shape index (κ2) is 73.9. The molecule has 21 heteroatoms. The maximum absolute atomic E-state index is 10.4. The Morgan fingerprint density at radius 1 is 0.398 bits per heavy atom. The number of hydrogen-bond acceptors (Lipinski definition) is 21. The van der Waals surface area contributed by atoms with Crippen molar-refractivity contribution < 1.29 is 30.3 Å². The molecule has 2 saturated carbocycles. The lowest BCUT2D eigenvalue weighted by Gasteiger charge is -2.38. The summed E-state index contributed by atoms with van der Waals surface area (Å²) >= 11 is 13.5. The number of rotatable bonds is 33. The van der Waals surface area contributed by atoms with Crippen LogP contribution in [0.25, 0.3) is 0 Å². The molecule has 1 saturated heterocycles. The van der Waals surface area contributed by atoms with Gasteiger partial charge in [0.2, 0.25) is 0 Å². The smallest absolute Gasteiger partial charge is 0.0790 e. The Labute approximate surface area is 832 Å². The van der Waals surface area contributed by atoms with E-state index in [4.69, 9.17) is 9.84 Å². The molecule has 0 aromatic heterocycles. The van der Waals surface area contributed by atoms with Crippen LogP contribution in [0.5, 0.6) is 0 Å². The molecular weight excluding hydrogens is 1710 g/mol. The van der Waals surface area contributed by atoms with E-state index in [-0.39, 0.29) is 46.8 Å². The maximum Gasteiger partial charge on any atom is 0.0790 e. The number of aliphatic hydroxyl groups is 5. The number of likely N-dealkylation sites (N-methyl/N-ethyl adjacent to an activating group) is 10. The molecule has 1 aliphatic heterocycles. The van der Waals surface area contributed by atoms with E-state index in [9.17, 15) is 20.4 Å². The van der Waals surface area contributed by atoms with Crippen molar-refractivity contribution in [1.29, 1.82) is 0 Å². The molecule has 10 rings (SSSR count). The van der Waals surface area contributed by atoms with Crippen LogP contribution in [-0.2, 0) is 4.74 Å². The molecule has 18 nitrogen and oxygen atoms in total. The van der Waals surface area contributed by atoms with Crippen LogP contribution in [0, 0.1) is 27.6 Å². The number of ether oxygens (including phenoxy) is 1. The lowest BCUT2D eigenvalue weighted by Crippen LogP contribution is -2.46. The van der Waals surface area contributed by atoms with E-state index in [1.54, 1.807) is 14.0 Å². The maximum atomic E-state index is 10.4. The number of nitrogens with one attached hydrogen (secondary N) is 4. The average Bonchev–Trinajstić information content (AvgIpc) is 1.54. The van der Waals surface area contributed by atoms with Crippen LogP contribution >= 0.6 is 37.9 Å². The van der Waals surface area contributed by atoms with Crippen molar-refractivity contribution in [2.75, 3.05) is 200 Å². The third-order valence-corrected chi connectivity index (χ3v) is 25.3. The van der Waals surface area contributed by atoms with Crippen LogP contribution in [0.2, 0.25) is 0 Å². The number of hydrogen-bond donors (Lipinski definition) is 12. The highest BCUT2D eigenvalue weighted by atomic mass is 32.1. The van der Waals surface area contributed by atoms with Gasteiger partial charge in [-0.25, -0.2) is 0 Å². The zero-order valence-corrected chi connectivity index (χ0v) is 92.5. The van der Waals surface area contributed by atoms with Gasteiger partial charge in [-0.3, -0.25) is 0 Å². The highest BCUT2D eigenvalue weighted by Gasteiger charge is 2.66. The third kappa shape index (κ3) is 59.2. The number of thiol groups is 3. The highest BCUT2D eigenvalue weighted by Crippen LogP contribution is 2.66. The Balaban J connectivity index is 0. The standard InChI is InChI=1S/C12H23NO.2C11H18N2.C11H17N.2C10H15NS.C10H14O.C10H14S.2C8H19NO.C6H13NO.C5H13NO/c1-11(2)8-6-7-12(11,3)10(14)9(8)13(4)5;2*1-12-11(9-13(2)3)10-7-5-4-6-8-10;1-3-7-11(12-2)10-8-5-4-6-9-10;2*1-11(2)8-10(12)9-6-4-3-5-7-9;2*1-2-6-10(11)9-7-4-3-5-8-9;2*1-8(2,3)7(10)6-9(4)5;1-8-5-6-3-2-4-7-6;1-5(7)4-6(2)3/h8-10,14H,6-7H2,1-5H3;2*4-8,11-12H,9H2,1-3H3;4-6,8-9,11-12H,3,7H2,1-2H3;2*3-7,10,12H,8H2,1-2H3;2*3-5,7-8,10-11H,2,6H2,1H3;2*7,10H,6H2,1-5H3;6-7H,2-5H2,1H3;5,7H,4H2,1-3H3/t;3*11-;4*10-;2*7-;6-;5-/m.10010001000/s1. The summed E-state index contributed by atoms with van der Waals surface area (Å²) in [4.78, 5) is 16.8. The number of fused-ring (bicyclic) bond motifs is 2. The molecule has 133 heavy (non-hydrogen) atoms. The van der Waals surface area contributed by atoms with Gasteiger partial charge in [0, 0.05) is 104 Å². The zero-order valence-electron chi connectivity index (χ0n) is 89.8. The van der Waals surface area contributed by atoms with E-state index >= 15 is 0 Å². The monoisotopic (exact) mass is 1900 g/mol. The summed E-state index contributed by atoms with van der Waals surface area (Å²) in [6.45, 7) is 35.7. The summed E-state index contributed by atoms with van der Waals surface area (Å²) in [5.41, 5.74) is 9.44. The molecule has 0 spiro atoms. The molecular formula is C112H198N12O6S3. The summed E-state index contributed by atoms with van der Waals surface area (Å²) in [6.07, 6.45) is 10.6. The fourth-order valence-electron chi connectivity index (χ4n) is 15.6. The van der Waals surface area contributed by atoms with Crippen molar-refractivity contribution >= 4 is 37.9 Å². The normalized spacial score (nSPS) is 18.5. The molecule has 9 N–H and O–H groups in total. The largest absolute Gasteiger partial charge is 0.392 e. The Morgan fingerprint density at radius 3 is 0.910 bits per heavy atom. The Morgan fingerprint density at radius 2 is 0.692 bits per heavy atom. The second-order valence-electron chi connectivity index (χ2n) is 40.7. The van der Waals surface area contributed by atoms with Gasteiger partial charge in [-0.15, -0.1) is 0 Å². The van der Waals surface area contributed by atoms with Gasteiger partial charge in [0.05, 0.1) is 37.1 Å². The van der Waals surface area contributed by atoms with E-state index in [1.165, 1.54) is 84.9 Å². The highest BCUT2D eigenvalue weighted by molar-refractivity contribution is 7.80. The number of nitrogens with zero attached hydrogens (tertiary/aromatic N) is 8. The van der Waals surface area contributed by atoms with Gasteiger partial charge in [0.25, 0.3) is 0 Å². The number of methoxy groups -OCH3 is 1. The van der Waals surface area contributed by atoms with Gasteiger partial charge in [-0.05, 0) is 253 Å². The minimum absolute atomic E-state index is 0.00424. The molecule has 4 unspecified atom stereocenters. The van der Waals surface area contributed by atoms with E-state index in [1.807, 2.05) is 205 Å². The van der Waals surface area contributed by atoms with Crippen LogP contribution in [0.3, 0.4) is 0 Å². The molecule has 7 aromatic carbocycles. The topological polar surface area (TPSA) is 184 Å². The van der Waals surface area contributed by atoms with Gasteiger partial charge in [-0.2, -0.15) is 37.9 Å². The van der Waals surface area contributed by atoms with Gasteiger partial charge in [-0.1, -0.05) is 315 Å². The van der Waals surface area contributed by atoms with E-state index in [0.29, 0.717) is 57.3 Å². The minimum Gasteiger partial charge on any atom is -0.392 e. The first-order valence-corrected chi connectivity index (χ1v) is 50.3. The van der Waals surface area contributed by atoms with Crippen molar-refractivity contribution in [3.8, 4) is 0 Å². The average molecular weight is 1910 g/mol.